The zero-order chi connectivity index (χ0) is 23.1. The number of nitrogens with one attached hydrogen (secondary N) is 1. The van der Waals surface area contributed by atoms with Gasteiger partial charge in [-0.05, 0) is 127 Å². The molecule has 2 aromatic carbocycles. The van der Waals surface area contributed by atoms with Gasteiger partial charge in [0.15, 0.2) is 0 Å². The molecule has 0 spiro atoms. The molecule has 6 heteroatoms. The van der Waals surface area contributed by atoms with E-state index in [1.165, 1.54) is 19.1 Å². The first-order valence-electron chi connectivity index (χ1n) is 11.1. The van der Waals surface area contributed by atoms with Crippen molar-refractivity contribution in [2.45, 2.75) is 39.7 Å². The SMILES string of the molecule is CCN(CC)CCCC(C)Nc1cc(C=Cc2c(I)cccc2I)nc2cc(Cl)ccc12. The maximum absolute atomic E-state index is 6.28. The lowest BCUT2D eigenvalue weighted by atomic mass is 10.1. The molecule has 32 heavy (non-hydrogen) atoms. The van der Waals surface area contributed by atoms with Crippen LogP contribution in [0.15, 0.2) is 42.5 Å². The van der Waals surface area contributed by atoms with E-state index in [0.29, 0.717) is 11.1 Å². The van der Waals surface area contributed by atoms with Gasteiger partial charge in [-0.25, -0.2) is 4.98 Å². The number of benzene rings is 2. The molecule has 0 aliphatic rings. The summed E-state index contributed by atoms with van der Waals surface area (Å²) in [6.07, 6.45) is 6.55. The number of fused-ring (bicyclic) bond motifs is 1. The van der Waals surface area contributed by atoms with Crippen molar-refractivity contribution in [3.05, 3.63) is 65.9 Å². The Hall–Kier alpha value is -0.900. The lowest BCUT2D eigenvalue weighted by Gasteiger charge is -2.21. The van der Waals surface area contributed by atoms with Crippen molar-refractivity contribution in [2.24, 2.45) is 0 Å². The van der Waals surface area contributed by atoms with Gasteiger partial charge in [0.05, 0.1) is 11.2 Å². The molecule has 0 bridgehead atoms. The fourth-order valence-corrected chi connectivity index (χ4v) is 5.80. The number of aromatic nitrogens is 1. The molecule has 0 saturated carbocycles. The molecule has 1 unspecified atom stereocenters. The largest absolute Gasteiger partial charge is 0.382 e. The van der Waals surface area contributed by atoms with Crippen molar-refractivity contribution in [3.8, 4) is 0 Å². The number of rotatable bonds is 10. The zero-order valence-corrected chi connectivity index (χ0v) is 23.9. The van der Waals surface area contributed by atoms with Gasteiger partial charge in [0.25, 0.3) is 0 Å². The first-order valence-corrected chi connectivity index (χ1v) is 13.7. The number of hydrogen-bond donors (Lipinski definition) is 1. The smallest absolute Gasteiger partial charge is 0.0744 e. The summed E-state index contributed by atoms with van der Waals surface area (Å²) in [5.41, 5.74) is 4.17. The summed E-state index contributed by atoms with van der Waals surface area (Å²) in [6, 6.07) is 14.8. The topological polar surface area (TPSA) is 28.2 Å². The monoisotopic (exact) mass is 673 g/mol. The Morgan fingerprint density at radius 3 is 2.47 bits per heavy atom. The molecule has 3 nitrogen and oxygen atoms in total. The Balaban J connectivity index is 1.84. The quantitative estimate of drug-likeness (QED) is 0.220. The predicted molar refractivity (Wildman–Crippen MR) is 158 cm³/mol. The minimum Gasteiger partial charge on any atom is -0.382 e. The van der Waals surface area contributed by atoms with Crippen molar-refractivity contribution in [1.82, 2.24) is 9.88 Å². The maximum atomic E-state index is 6.28. The maximum Gasteiger partial charge on any atom is 0.0744 e. The van der Waals surface area contributed by atoms with E-state index in [-0.39, 0.29) is 0 Å². The van der Waals surface area contributed by atoms with Gasteiger partial charge in [-0.15, -0.1) is 0 Å². The zero-order valence-electron chi connectivity index (χ0n) is 18.8. The highest BCUT2D eigenvalue weighted by atomic mass is 127. The molecular formula is C26H30ClI2N3. The Kier molecular flexibility index (Phi) is 10.1. The summed E-state index contributed by atoms with van der Waals surface area (Å²) in [6.45, 7) is 10.1. The van der Waals surface area contributed by atoms with E-state index in [9.17, 15) is 0 Å². The van der Waals surface area contributed by atoms with Crippen LogP contribution in [0, 0.1) is 7.14 Å². The molecule has 1 heterocycles. The molecule has 1 aromatic heterocycles. The molecule has 1 N–H and O–H groups in total. The molecule has 3 rings (SSSR count). The lowest BCUT2D eigenvalue weighted by molar-refractivity contribution is 0.295. The molecule has 170 valence electrons. The van der Waals surface area contributed by atoms with Crippen LogP contribution in [0.5, 0.6) is 0 Å². The fraction of sp³-hybridized carbons (Fsp3) is 0.346. The van der Waals surface area contributed by atoms with Crippen molar-refractivity contribution in [1.29, 1.82) is 0 Å². The normalized spacial score (nSPS) is 12.7. The molecule has 0 amide bonds. The average molecular weight is 674 g/mol. The summed E-state index contributed by atoms with van der Waals surface area (Å²) in [7, 11) is 0. The second-order valence-electron chi connectivity index (χ2n) is 7.94. The molecular weight excluding hydrogens is 644 g/mol. The van der Waals surface area contributed by atoms with Gasteiger partial charge in [-0.2, -0.15) is 0 Å². The highest BCUT2D eigenvalue weighted by Gasteiger charge is 2.10. The van der Waals surface area contributed by atoms with Crippen LogP contribution in [0.2, 0.25) is 5.02 Å². The third-order valence-corrected chi connectivity index (χ3v) is 7.74. The number of halogens is 3. The van der Waals surface area contributed by atoms with E-state index in [1.54, 1.807) is 0 Å². The fourth-order valence-electron chi connectivity index (χ4n) is 3.76. The van der Waals surface area contributed by atoms with E-state index in [4.69, 9.17) is 16.6 Å². The Bertz CT molecular complexity index is 1060. The van der Waals surface area contributed by atoms with Gasteiger partial charge in [0.1, 0.15) is 0 Å². The molecule has 0 fully saturated rings. The van der Waals surface area contributed by atoms with Gasteiger partial charge in [0.2, 0.25) is 0 Å². The van der Waals surface area contributed by atoms with Gasteiger partial charge in [0, 0.05) is 34.8 Å². The van der Waals surface area contributed by atoms with Crippen LogP contribution in [0.3, 0.4) is 0 Å². The van der Waals surface area contributed by atoms with E-state index in [1.807, 2.05) is 12.1 Å². The average Bonchev–Trinajstić information content (AvgIpc) is 2.76. The van der Waals surface area contributed by atoms with Gasteiger partial charge in [-0.3, -0.25) is 0 Å². The minimum atomic E-state index is 0.375. The molecule has 0 aliphatic heterocycles. The van der Waals surface area contributed by atoms with Crippen LogP contribution in [0.25, 0.3) is 23.1 Å². The Morgan fingerprint density at radius 2 is 1.78 bits per heavy atom. The van der Waals surface area contributed by atoms with Crippen LogP contribution in [0.4, 0.5) is 5.69 Å². The first kappa shape index (κ1) is 25.7. The number of pyridine rings is 1. The molecule has 0 radical (unpaired) electrons. The van der Waals surface area contributed by atoms with Crippen LogP contribution in [-0.2, 0) is 0 Å². The second kappa shape index (κ2) is 12.5. The second-order valence-corrected chi connectivity index (χ2v) is 10.7. The molecule has 3 aromatic rings. The van der Waals surface area contributed by atoms with Gasteiger partial charge < -0.3 is 10.2 Å². The summed E-state index contributed by atoms with van der Waals surface area (Å²) in [5.74, 6) is 0. The van der Waals surface area contributed by atoms with Crippen molar-refractivity contribution >= 4 is 85.5 Å². The Labute approximate surface area is 224 Å². The number of hydrogen-bond acceptors (Lipinski definition) is 3. The first-order chi connectivity index (χ1) is 15.4. The minimum absolute atomic E-state index is 0.375. The van der Waals surface area contributed by atoms with E-state index >= 15 is 0 Å². The van der Waals surface area contributed by atoms with Crippen LogP contribution in [-0.4, -0.2) is 35.6 Å². The summed E-state index contributed by atoms with van der Waals surface area (Å²) in [4.78, 5) is 7.34. The molecule has 0 saturated heterocycles. The van der Waals surface area contributed by atoms with Crippen molar-refractivity contribution in [3.63, 3.8) is 0 Å². The van der Waals surface area contributed by atoms with Crippen molar-refractivity contribution < 1.29 is 0 Å². The van der Waals surface area contributed by atoms with E-state index < -0.39 is 0 Å². The standard InChI is InChI=1S/C26H30ClI2N3/c1-4-32(5-2)15-7-8-18(3)30-26-17-20(31-25-16-19(27)11-13-22(25)26)12-14-21-23(28)9-6-10-24(21)29/h6,9-14,16-18H,4-5,7-8,15H2,1-3H3,(H,30,31). The Morgan fingerprint density at radius 1 is 1.06 bits per heavy atom. The predicted octanol–water partition coefficient (Wildman–Crippen LogP) is 8.19. The summed E-state index contributed by atoms with van der Waals surface area (Å²) in [5, 5.41) is 5.54. The van der Waals surface area contributed by atoms with Gasteiger partial charge >= 0.3 is 0 Å². The van der Waals surface area contributed by atoms with Crippen LogP contribution in [0.1, 0.15) is 44.9 Å². The van der Waals surface area contributed by atoms with Crippen molar-refractivity contribution in [2.75, 3.05) is 25.0 Å². The third-order valence-electron chi connectivity index (χ3n) is 5.62. The van der Waals surface area contributed by atoms with E-state index in [2.05, 4.69) is 119 Å². The third kappa shape index (κ3) is 7.05. The number of anilines is 1. The lowest BCUT2D eigenvalue weighted by Crippen LogP contribution is -2.25. The highest BCUT2D eigenvalue weighted by molar-refractivity contribution is 14.1. The van der Waals surface area contributed by atoms with Gasteiger partial charge in [-0.1, -0.05) is 37.6 Å². The van der Waals surface area contributed by atoms with Crippen LogP contribution < -0.4 is 5.32 Å². The molecule has 0 aliphatic carbocycles. The number of nitrogens with zero attached hydrogens (tertiary/aromatic N) is 2. The van der Waals surface area contributed by atoms with E-state index in [0.717, 1.165) is 48.3 Å². The van der Waals surface area contributed by atoms with Crippen LogP contribution >= 0.6 is 56.8 Å². The summed E-state index contributed by atoms with van der Waals surface area (Å²) < 4.78 is 2.46. The summed E-state index contributed by atoms with van der Waals surface area (Å²) >= 11 is 11.0. The molecule has 1 atom stereocenters. The highest BCUT2D eigenvalue weighted by Crippen LogP contribution is 2.28.